The average Bonchev–Trinajstić information content (AvgIpc) is 2.37. The molecule has 4 nitrogen and oxygen atoms in total. The van der Waals surface area contributed by atoms with Gasteiger partial charge in [-0.3, -0.25) is 0 Å². The average molecular weight is 363 g/mol. The number of aliphatic hydroxyl groups excluding tert-OH is 2. The van der Waals surface area contributed by atoms with Crippen LogP contribution in [0.25, 0.3) is 0 Å². The van der Waals surface area contributed by atoms with Crippen molar-refractivity contribution in [3.8, 4) is 0 Å². The van der Waals surface area contributed by atoms with E-state index in [4.69, 9.17) is 17.3 Å². The van der Waals surface area contributed by atoms with E-state index in [9.17, 15) is 23.4 Å². The molecule has 5 N–H and O–H groups in total. The van der Waals surface area contributed by atoms with Crippen LogP contribution in [0.5, 0.6) is 0 Å². The highest BCUT2D eigenvalue weighted by atomic mass is 35.5. The van der Waals surface area contributed by atoms with Gasteiger partial charge in [-0.1, -0.05) is 11.6 Å². The summed E-state index contributed by atoms with van der Waals surface area (Å²) in [5.74, 6) is 0. The van der Waals surface area contributed by atoms with Crippen molar-refractivity contribution < 1.29 is 23.4 Å². The van der Waals surface area contributed by atoms with E-state index < -0.39 is 35.6 Å². The van der Waals surface area contributed by atoms with Crippen LogP contribution in [-0.2, 0) is 6.18 Å². The Kier molecular flexibility index (Phi) is 7.44. The van der Waals surface area contributed by atoms with Gasteiger partial charge in [0.25, 0.3) is 0 Å². The highest BCUT2D eigenvalue weighted by molar-refractivity contribution is 6.33. The Morgan fingerprint density at radius 3 is 2.23 bits per heavy atom. The van der Waals surface area contributed by atoms with Crippen molar-refractivity contribution in [1.29, 1.82) is 0 Å². The zero-order valence-corrected chi connectivity index (χ0v) is 13.6. The molecule has 0 aliphatic heterocycles. The van der Waals surface area contributed by atoms with Gasteiger partial charge in [-0.25, -0.2) is 0 Å². The zero-order chi connectivity index (χ0) is 16.4. The Morgan fingerprint density at radius 1 is 1.27 bits per heavy atom. The molecule has 128 valence electrons. The molecule has 1 unspecified atom stereocenters. The molecule has 9 heteroatoms. The maximum absolute atomic E-state index is 12.9. The van der Waals surface area contributed by atoms with Gasteiger partial charge in [0, 0.05) is 5.54 Å². The Hall–Kier alpha value is -0.730. The van der Waals surface area contributed by atoms with E-state index in [2.05, 4.69) is 5.32 Å². The van der Waals surface area contributed by atoms with Crippen molar-refractivity contribution in [3.63, 3.8) is 0 Å². The Labute approximate surface area is 137 Å². The fourth-order valence-electron chi connectivity index (χ4n) is 1.83. The first kappa shape index (κ1) is 21.3. The Bertz CT molecular complexity index is 511. The second-order valence-corrected chi connectivity index (χ2v) is 5.79. The van der Waals surface area contributed by atoms with E-state index in [0.717, 1.165) is 6.07 Å². The van der Waals surface area contributed by atoms with Crippen LogP contribution in [0.4, 0.5) is 18.9 Å². The van der Waals surface area contributed by atoms with Crippen LogP contribution in [0.1, 0.15) is 31.0 Å². The lowest BCUT2D eigenvalue weighted by atomic mass is 9.98. The monoisotopic (exact) mass is 362 g/mol. The topological polar surface area (TPSA) is 78.5 Å². The van der Waals surface area contributed by atoms with Crippen molar-refractivity contribution in [1.82, 2.24) is 5.32 Å². The number of anilines is 1. The summed E-state index contributed by atoms with van der Waals surface area (Å²) in [4.78, 5) is 0. The van der Waals surface area contributed by atoms with E-state index in [-0.39, 0.29) is 29.6 Å². The maximum Gasteiger partial charge on any atom is 0.418 e. The molecule has 0 spiro atoms. The number of benzene rings is 1. The maximum atomic E-state index is 12.9. The SMILES string of the molecule is CC(C)(CO)NC(CO)c1cc(Cl)c(N)c(C(F)(F)F)c1.Cl. The van der Waals surface area contributed by atoms with E-state index in [1.807, 2.05) is 0 Å². The van der Waals surface area contributed by atoms with Crippen LogP contribution in [0.15, 0.2) is 12.1 Å². The van der Waals surface area contributed by atoms with Gasteiger partial charge >= 0.3 is 6.18 Å². The molecule has 1 atom stereocenters. The number of nitrogens with one attached hydrogen (secondary N) is 1. The van der Waals surface area contributed by atoms with Crippen molar-refractivity contribution in [2.24, 2.45) is 0 Å². The first-order chi connectivity index (χ1) is 9.51. The van der Waals surface area contributed by atoms with Gasteiger partial charge in [0.15, 0.2) is 0 Å². The number of alkyl halides is 3. The van der Waals surface area contributed by atoms with Gasteiger partial charge in [0.05, 0.1) is 35.5 Å². The summed E-state index contributed by atoms with van der Waals surface area (Å²) in [6, 6.07) is 1.31. The molecule has 0 amide bonds. The number of hydrogen-bond acceptors (Lipinski definition) is 4. The zero-order valence-electron chi connectivity index (χ0n) is 12.0. The lowest BCUT2D eigenvalue weighted by Gasteiger charge is -2.30. The van der Waals surface area contributed by atoms with Gasteiger partial charge < -0.3 is 21.3 Å². The molecule has 0 aliphatic rings. The van der Waals surface area contributed by atoms with Crippen LogP contribution >= 0.6 is 24.0 Å². The quantitative estimate of drug-likeness (QED) is 0.607. The summed E-state index contributed by atoms with van der Waals surface area (Å²) in [6.45, 7) is 2.60. The summed E-state index contributed by atoms with van der Waals surface area (Å²) < 4.78 is 38.8. The molecule has 0 saturated carbocycles. The molecule has 22 heavy (non-hydrogen) atoms. The van der Waals surface area contributed by atoms with Gasteiger partial charge in [0.2, 0.25) is 0 Å². The molecule has 1 aromatic rings. The third-order valence-corrected chi connectivity index (χ3v) is 3.32. The van der Waals surface area contributed by atoms with E-state index in [1.54, 1.807) is 13.8 Å². The van der Waals surface area contributed by atoms with Gasteiger partial charge in [-0.05, 0) is 31.5 Å². The van der Waals surface area contributed by atoms with Crippen LogP contribution in [0.2, 0.25) is 5.02 Å². The lowest BCUT2D eigenvalue weighted by Crippen LogP contribution is -2.45. The number of nitrogen functional groups attached to an aromatic ring is 1. The van der Waals surface area contributed by atoms with E-state index in [0.29, 0.717) is 0 Å². The highest BCUT2D eigenvalue weighted by Crippen LogP contribution is 2.39. The van der Waals surface area contributed by atoms with Gasteiger partial charge in [-0.15, -0.1) is 12.4 Å². The predicted octanol–water partition coefficient (Wildman–Crippen LogP) is 2.76. The van der Waals surface area contributed by atoms with Gasteiger partial charge in [0.1, 0.15) is 0 Å². The Balaban J connectivity index is 0.00000441. The lowest BCUT2D eigenvalue weighted by molar-refractivity contribution is -0.137. The first-order valence-corrected chi connectivity index (χ1v) is 6.55. The molecule has 0 fully saturated rings. The molecular weight excluding hydrogens is 344 g/mol. The summed E-state index contributed by atoms with van der Waals surface area (Å²) >= 11 is 5.75. The minimum Gasteiger partial charge on any atom is -0.397 e. The van der Waals surface area contributed by atoms with Crippen LogP contribution in [-0.4, -0.2) is 29.0 Å². The highest BCUT2D eigenvalue weighted by Gasteiger charge is 2.35. The van der Waals surface area contributed by atoms with Crippen LogP contribution in [0, 0.1) is 0 Å². The van der Waals surface area contributed by atoms with E-state index >= 15 is 0 Å². The smallest absolute Gasteiger partial charge is 0.397 e. The van der Waals surface area contributed by atoms with Crippen LogP contribution in [0.3, 0.4) is 0 Å². The largest absolute Gasteiger partial charge is 0.418 e. The third kappa shape index (κ3) is 5.17. The second kappa shape index (κ2) is 7.70. The third-order valence-electron chi connectivity index (χ3n) is 3.00. The minimum atomic E-state index is -4.64. The molecule has 0 saturated heterocycles. The molecule has 0 aromatic heterocycles. The molecule has 0 aliphatic carbocycles. The summed E-state index contributed by atoms with van der Waals surface area (Å²) in [6.07, 6.45) is -4.64. The first-order valence-electron chi connectivity index (χ1n) is 6.17. The normalized spacial score (nSPS) is 13.6. The second-order valence-electron chi connectivity index (χ2n) is 5.38. The summed E-state index contributed by atoms with van der Waals surface area (Å²) in [5, 5.41) is 21.2. The molecule has 1 aromatic carbocycles. The molecule has 0 heterocycles. The van der Waals surface area contributed by atoms with Crippen molar-refractivity contribution in [3.05, 3.63) is 28.3 Å². The number of rotatable bonds is 5. The fourth-order valence-corrected chi connectivity index (χ4v) is 2.05. The minimum absolute atomic E-state index is 0. The number of halogens is 5. The number of nitrogens with two attached hydrogens (primary N) is 1. The Morgan fingerprint density at radius 2 is 1.82 bits per heavy atom. The van der Waals surface area contributed by atoms with Crippen molar-refractivity contribution in [2.75, 3.05) is 18.9 Å². The predicted molar refractivity (Wildman–Crippen MR) is 82.2 cm³/mol. The molecular formula is C13H19Cl2F3N2O2. The van der Waals surface area contributed by atoms with Gasteiger partial charge in [-0.2, -0.15) is 13.2 Å². The number of hydrogen-bond donors (Lipinski definition) is 4. The fraction of sp³-hybridized carbons (Fsp3) is 0.538. The van der Waals surface area contributed by atoms with Crippen LogP contribution < -0.4 is 11.1 Å². The van der Waals surface area contributed by atoms with Crippen molar-refractivity contribution >= 4 is 29.7 Å². The van der Waals surface area contributed by atoms with Crippen molar-refractivity contribution in [2.45, 2.75) is 31.6 Å². The van der Waals surface area contributed by atoms with E-state index in [1.165, 1.54) is 6.07 Å². The molecule has 1 rings (SSSR count). The summed E-state index contributed by atoms with van der Waals surface area (Å²) in [7, 11) is 0. The number of aliphatic hydroxyl groups is 2. The molecule has 0 bridgehead atoms. The summed E-state index contributed by atoms with van der Waals surface area (Å²) in [5.41, 5.74) is 3.12. The molecule has 0 radical (unpaired) electrons. The standard InChI is InChI=1S/C13H18ClF3N2O2.ClH/c1-12(2,6-21)19-10(5-20)7-3-8(13(15,16)17)11(18)9(14)4-7;/h3-4,10,19-21H,5-6,18H2,1-2H3;1H.